The van der Waals surface area contributed by atoms with Crippen molar-refractivity contribution in [3.8, 4) is 0 Å². The van der Waals surface area contributed by atoms with Crippen molar-refractivity contribution in [2.45, 2.75) is 70.0 Å². The van der Waals surface area contributed by atoms with Crippen LogP contribution in [0.25, 0.3) is 0 Å². The molecule has 0 aromatic carbocycles. The fraction of sp³-hybridized carbons (Fsp3) is 0.739. The molecule has 36 heavy (non-hydrogen) atoms. The van der Waals surface area contributed by atoms with Gasteiger partial charge in [-0.25, -0.2) is 14.8 Å². The first kappa shape index (κ1) is 27.9. The minimum absolute atomic E-state index is 0.00598. The number of amides is 2. The number of rotatable bonds is 8. The second-order valence-corrected chi connectivity index (χ2v) is 9.93. The lowest BCUT2D eigenvalue weighted by Crippen LogP contribution is -2.48. The number of halogens is 3. The average Bonchev–Trinajstić information content (AvgIpc) is 3.16. The standard InChI is InChI=1S/C23H34F3N5O5/c1-22(2,3)36-21(33)29-16(13-34-4)14-35-18-7-10-31(19(18)32)17-5-8-30(9-6-17)20-27-11-15(12-28-20)23(24,25)26/h11-12,16-18H,5-10,13-14H2,1-4H3,(H,29,33)/t16-,18?/m0/s1. The number of alkyl carbamates (subject to hydrolysis) is 1. The van der Waals surface area contributed by atoms with Crippen molar-refractivity contribution in [3.63, 3.8) is 0 Å². The van der Waals surface area contributed by atoms with E-state index in [0.29, 0.717) is 38.9 Å². The van der Waals surface area contributed by atoms with E-state index >= 15 is 0 Å². The SMILES string of the molecule is COC[C@@H](COC1CCN(C2CCN(c3ncc(C(F)(F)F)cn3)CC2)C1=O)NC(=O)OC(C)(C)C. The number of hydrogen-bond acceptors (Lipinski definition) is 8. The molecule has 0 aliphatic carbocycles. The molecule has 3 heterocycles. The Morgan fingerprint density at radius 2 is 1.75 bits per heavy atom. The van der Waals surface area contributed by atoms with Gasteiger partial charge in [0.15, 0.2) is 0 Å². The zero-order valence-electron chi connectivity index (χ0n) is 21.0. The van der Waals surface area contributed by atoms with Gasteiger partial charge < -0.3 is 29.3 Å². The lowest BCUT2D eigenvalue weighted by Gasteiger charge is -2.36. The van der Waals surface area contributed by atoms with E-state index in [4.69, 9.17) is 14.2 Å². The highest BCUT2D eigenvalue weighted by Crippen LogP contribution is 2.29. The van der Waals surface area contributed by atoms with E-state index < -0.39 is 35.6 Å². The number of hydrogen-bond donors (Lipinski definition) is 1. The first-order chi connectivity index (χ1) is 16.9. The van der Waals surface area contributed by atoms with Crippen molar-refractivity contribution in [3.05, 3.63) is 18.0 Å². The van der Waals surface area contributed by atoms with Crippen LogP contribution in [0.5, 0.6) is 0 Å². The third kappa shape index (κ3) is 7.66. The van der Waals surface area contributed by atoms with Crippen molar-refractivity contribution < 1.29 is 37.0 Å². The number of carbonyl (C=O) groups excluding carboxylic acids is 2. The van der Waals surface area contributed by atoms with Gasteiger partial charge in [-0.3, -0.25) is 4.79 Å². The molecular formula is C23H34F3N5O5. The summed E-state index contributed by atoms with van der Waals surface area (Å²) in [4.78, 5) is 36.4. The topological polar surface area (TPSA) is 106 Å². The third-order valence-corrected chi connectivity index (χ3v) is 5.93. The molecule has 2 aliphatic heterocycles. The van der Waals surface area contributed by atoms with Crippen LogP contribution in [0.15, 0.2) is 12.4 Å². The first-order valence-electron chi connectivity index (χ1n) is 11.9. The van der Waals surface area contributed by atoms with Crippen LogP contribution in [0, 0.1) is 0 Å². The molecule has 0 saturated carbocycles. The molecule has 2 fully saturated rings. The smallest absolute Gasteiger partial charge is 0.419 e. The number of carbonyl (C=O) groups is 2. The minimum Gasteiger partial charge on any atom is -0.444 e. The maximum Gasteiger partial charge on any atom is 0.419 e. The highest BCUT2D eigenvalue weighted by Gasteiger charge is 2.38. The minimum atomic E-state index is -4.48. The van der Waals surface area contributed by atoms with E-state index in [9.17, 15) is 22.8 Å². The first-order valence-corrected chi connectivity index (χ1v) is 11.9. The molecule has 0 bridgehead atoms. The predicted molar refractivity (Wildman–Crippen MR) is 123 cm³/mol. The summed E-state index contributed by atoms with van der Waals surface area (Å²) >= 11 is 0. The van der Waals surface area contributed by atoms with Gasteiger partial charge in [0.25, 0.3) is 5.91 Å². The van der Waals surface area contributed by atoms with Crippen LogP contribution in [0.1, 0.15) is 45.6 Å². The van der Waals surface area contributed by atoms with Crippen molar-refractivity contribution in [1.29, 1.82) is 0 Å². The fourth-order valence-electron chi connectivity index (χ4n) is 4.24. The van der Waals surface area contributed by atoms with Crippen LogP contribution in [0.4, 0.5) is 23.9 Å². The maximum atomic E-state index is 13.0. The summed E-state index contributed by atoms with van der Waals surface area (Å²) in [6, 6.07) is -0.467. The second kappa shape index (κ2) is 11.6. The lowest BCUT2D eigenvalue weighted by atomic mass is 10.0. The summed E-state index contributed by atoms with van der Waals surface area (Å²) < 4.78 is 54.5. The number of piperidine rings is 1. The Morgan fingerprint density at radius 3 is 2.31 bits per heavy atom. The van der Waals surface area contributed by atoms with Crippen molar-refractivity contribution in [1.82, 2.24) is 20.2 Å². The van der Waals surface area contributed by atoms with E-state index in [0.717, 1.165) is 12.4 Å². The highest BCUT2D eigenvalue weighted by molar-refractivity contribution is 5.83. The maximum absolute atomic E-state index is 13.0. The highest BCUT2D eigenvalue weighted by atomic mass is 19.4. The molecule has 1 N–H and O–H groups in total. The zero-order chi connectivity index (χ0) is 26.5. The monoisotopic (exact) mass is 517 g/mol. The van der Waals surface area contributed by atoms with Crippen LogP contribution in [0.3, 0.4) is 0 Å². The summed E-state index contributed by atoms with van der Waals surface area (Å²) in [7, 11) is 1.51. The lowest BCUT2D eigenvalue weighted by molar-refractivity contribution is -0.140. The Balaban J connectivity index is 1.47. The van der Waals surface area contributed by atoms with E-state index in [1.54, 1.807) is 20.8 Å². The number of ether oxygens (including phenoxy) is 3. The molecular weight excluding hydrogens is 483 g/mol. The molecule has 2 atom stereocenters. The summed E-state index contributed by atoms with van der Waals surface area (Å²) in [6.45, 7) is 7.21. The Bertz CT molecular complexity index is 886. The van der Waals surface area contributed by atoms with Crippen LogP contribution in [0.2, 0.25) is 0 Å². The summed E-state index contributed by atoms with van der Waals surface area (Å²) in [5.74, 6) is 0.143. The van der Waals surface area contributed by atoms with Crippen LogP contribution < -0.4 is 10.2 Å². The van der Waals surface area contributed by atoms with Gasteiger partial charge in [0.05, 0.1) is 24.8 Å². The van der Waals surface area contributed by atoms with E-state index in [1.807, 2.05) is 9.80 Å². The van der Waals surface area contributed by atoms with Gasteiger partial charge in [0.2, 0.25) is 5.95 Å². The number of methoxy groups -OCH3 is 1. The van der Waals surface area contributed by atoms with Gasteiger partial charge in [-0.1, -0.05) is 0 Å². The van der Waals surface area contributed by atoms with E-state index in [-0.39, 0.29) is 31.1 Å². The van der Waals surface area contributed by atoms with E-state index in [2.05, 4.69) is 15.3 Å². The molecule has 1 aromatic rings. The largest absolute Gasteiger partial charge is 0.444 e. The average molecular weight is 518 g/mol. The third-order valence-electron chi connectivity index (χ3n) is 5.93. The molecule has 2 saturated heterocycles. The van der Waals surface area contributed by atoms with Gasteiger partial charge in [-0.2, -0.15) is 13.2 Å². The van der Waals surface area contributed by atoms with Gasteiger partial charge in [-0.15, -0.1) is 0 Å². The van der Waals surface area contributed by atoms with Gasteiger partial charge in [0, 0.05) is 51.6 Å². The summed E-state index contributed by atoms with van der Waals surface area (Å²) in [5, 5.41) is 2.70. The zero-order valence-corrected chi connectivity index (χ0v) is 21.0. The van der Waals surface area contributed by atoms with Crippen LogP contribution >= 0.6 is 0 Å². The summed E-state index contributed by atoms with van der Waals surface area (Å²) in [6.07, 6.45) is -2.27. The number of aromatic nitrogens is 2. The molecule has 2 aliphatic rings. The Labute approximate surface area is 208 Å². The molecule has 13 heteroatoms. The van der Waals surface area contributed by atoms with Crippen molar-refractivity contribution >= 4 is 17.9 Å². The van der Waals surface area contributed by atoms with Crippen LogP contribution in [-0.2, 0) is 25.2 Å². The molecule has 202 valence electrons. The Morgan fingerprint density at radius 1 is 1.11 bits per heavy atom. The molecule has 10 nitrogen and oxygen atoms in total. The van der Waals surface area contributed by atoms with Gasteiger partial charge in [-0.05, 0) is 33.6 Å². The van der Waals surface area contributed by atoms with E-state index in [1.165, 1.54) is 7.11 Å². The van der Waals surface area contributed by atoms with Gasteiger partial charge >= 0.3 is 12.3 Å². The van der Waals surface area contributed by atoms with Crippen LogP contribution in [-0.4, -0.2) is 90.6 Å². The summed E-state index contributed by atoms with van der Waals surface area (Å²) in [5.41, 5.74) is -1.53. The normalized spacial score (nSPS) is 20.5. The second-order valence-electron chi connectivity index (χ2n) is 9.93. The molecule has 1 unspecified atom stereocenters. The predicted octanol–water partition coefficient (Wildman–Crippen LogP) is 2.62. The molecule has 2 amide bonds. The fourth-order valence-corrected chi connectivity index (χ4v) is 4.24. The number of nitrogens with zero attached hydrogens (tertiary/aromatic N) is 4. The Hall–Kier alpha value is -2.67. The molecule has 1 aromatic heterocycles. The Kier molecular flexibility index (Phi) is 8.98. The quantitative estimate of drug-likeness (QED) is 0.561. The molecule has 0 spiro atoms. The van der Waals surface area contributed by atoms with Crippen molar-refractivity contribution in [2.24, 2.45) is 0 Å². The number of nitrogens with one attached hydrogen (secondary N) is 1. The molecule has 0 radical (unpaired) electrons. The number of anilines is 1. The van der Waals surface area contributed by atoms with Gasteiger partial charge in [0.1, 0.15) is 11.7 Å². The number of likely N-dealkylation sites (tertiary alicyclic amines) is 1. The van der Waals surface area contributed by atoms with Crippen molar-refractivity contribution in [2.75, 3.05) is 44.9 Å². The number of alkyl halides is 3. The molecule has 3 rings (SSSR count).